The van der Waals surface area contributed by atoms with E-state index in [-0.39, 0.29) is 17.6 Å². The Balaban J connectivity index is 1.87. The van der Waals surface area contributed by atoms with Crippen molar-refractivity contribution in [3.8, 4) is 0 Å². The zero-order chi connectivity index (χ0) is 20.5. The first kappa shape index (κ1) is 19.7. The number of aryl methyl sites for hydroxylation is 3. The second-order valence-corrected chi connectivity index (χ2v) is 9.75. The lowest BCUT2D eigenvalue weighted by Crippen LogP contribution is -2.55. The van der Waals surface area contributed by atoms with Gasteiger partial charge in [-0.05, 0) is 70.6 Å². The second kappa shape index (κ2) is 6.19. The molecule has 152 valence electrons. The maximum atomic E-state index is 14.0. The minimum Gasteiger partial charge on any atom is -0.511 e. The van der Waals surface area contributed by atoms with Crippen molar-refractivity contribution in [2.75, 3.05) is 0 Å². The lowest BCUT2D eigenvalue weighted by atomic mass is 9.52. The minimum atomic E-state index is -0.695. The highest BCUT2D eigenvalue weighted by Crippen LogP contribution is 2.73. The molecule has 2 saturated heterocycles. The number of unbranched alkanes of at least 4 members (excludes halogenated alkanes) is 2. The predicted molar refractivity (Wildman–Crippen MR) is 112 cm³/mol. The average molecular weight is 383 g/mol. The first-order chi connectivity index (χ1) is 13.1. The largest absolute Gasteiger partial charge is 0.511 e. The number of fused-ring (bicyclic) bond motifs is 5. The van der Waals surface area contributed by atoms with E-state index in [0.29, 0.717) is 5.57 Å². The summed E-state index contributed by atoms with van der Waals surface area (Å²) in [5, 5.41) is 11.5. The van der Waals surface area contributed by atoms with Crippen LogP contribution >= 0.6 is 0 Å². The average Bonchev–Trinajstić information content (AvgIpc) is 3.19. The van der Waals surface area contributed by atoms with Crippen molar-refractivity contribution in [3.63, 3.8) is 0 Å². The summed E-state index contributed by atoms with van der Waals surface area (Å²) in [7, 11) is 0. The third-order valence-electron chi connectivity index (χ3n) is 8.29. The minimum absolute atomic E-state index is 0.0772. The maximum absolute atomic E-state index is 14.0. The van der Waals surface area contributed by atoms with Crippen molar-refractivity contribution < 1.29 is 14.6 Å². The molecule has 1 aliphatic carbocycles. The molecule has 0 spiro atoms. The molecular formula is C25H34O3. The topological polar surface area (TPSA) is 46.5 Å². The molecule has 4 rings (SSSR count). The second-order valence-electron chi connectivity index (χ2n) is 9.75. The van der Waals surface area contributed by atoms with Crippen LogP contribution in [0.2, 0.25) is 0 Å². The van der Waals surface area contributed by atoms with E-state index < -0.39 is 16.4 Å². The van der Waals surface area contributed by atoms with E-state index in [1.807, 2.05) is 13.8 Å². The Morgan fingerprint density at radius 1 is 1.14 bits per heavy atom. The lowest BCUT2D eigenvalue weighted by Gasteiger charge is -2.46. The van der Waals surface area contributed by atoms with Crippen LogP contribution in [0.25, 0.3) is 5.57 Å². The molecule has 1 N–H and O–H groups in total. The van der Waals surface area contributed by atoms with Crippen LogP contribution in [-0.2, 0) is 9.53 Å². The first-order valence-corrected chi connectivity index (χ1v) is 10.9. The number of carbonyl (C=O) groups excluding carboxylic acids is 1. The molecule has 4 atom stereocenters. The summed E-state index contributed by atoms with van der Waals surface area (Å²) < 4.78 is 6.57. The molecule has 0 saturated carbocycles. The van der Waals surface area contributed by atoms with Crippen LogP contribution in [-0.4, -0.2) is 22.6 Å². The molecular weight excluding hydrogens is 348 g/mol. The van der Waals surface area contributed by atoms with E-state index in [1.54, 1.807) is 0 Å². The van der Waals surface area contributed by atoms with E-state index in [0.717, 1.165) is 55.2 Å². The number of ether oxygens (including phenoxy) is 1. The predicted octanol–water partition coefficient (Wildman–Crippen LogP) is 5.99. The number of aliphatic hydroxyl groups is 1. The van der Waals surface area contributed by atoms with E-state index in [1.165, 1.54) is 5.56 Å². The number of carbonyl (C=O) groups is 1. The fourth-order valence-electron chi connectivity index (χ4n) is 6.67. The molecule has 3 heteroatoms. The third-order valence-corrected chi connectivity index (χ3v) is 8.29. The Morgan fingerprint density at radius 2 is 1.79 bits per heavy atom. The molecule has 0 unspecified atom stereocenters. The van der Waals surface area contributed by atoms with Gasteiger partial charge in [0, 0.05) is 0 Å². The molecule has 2 bridgehead atoms. The summed E-state index contributed by atoms with van der Waals surface area (Å²) in [6.07, 6.45) is 6.05. The number of allylic oxidation sites excluding steroid dienone is 1. The van der Waals surface area contributed by atoms with Crippen LogP contribution < -0.4 is 0 Å². The van der Waals surface area contributed by atoms with Gasteiger partial charge < -0.3 is 9.84 Å². The number of hydrogen-bond donors (Lipinski definition) is 1. The van der Waals surface area contributed by atoms with E-state index in [9.17, 15) is 9.90 Å². The van der Waals surface area contributed by atoms with Gasteiger partial charge in [0.2, 0.25) is 0 Å². The summed E-state index contributed by atoms with van der Waals surface area (Å²) in [5.41, 5.74) is 3.01. The summed E-state index contributed by atoms with van der Waals surface area (Å²) in [6.45, 7) is 12.5. The van der Waals surface area contributed by atoms with Crippen LogP contribution in [0.1, 0.15) is 81.5 Å². The molecule has 3 nitrogen and oxygen atoms in total. The molecule has 3 aliphatic rings. The number of benzene rings is 1. The summed E-state index contributed by atoms with van der Waals surface area (Å²) in [6, 6.07) is 4.22. The molecule has 0 radical (unpaired) electrons. The molecule has 28 heavy (non-hydrogen) atoms. The highest BCUT2D eigenvalue weighted by Gasteiger charge is 2.79. The fourth-order valence-corrected chi connectivity index (χ4v) is 6.67. The molecule has 2 fully saturated rings. The van der Waals surface area contributed by atoms with Crippen LogP contribution in [0.4, 0.5) is 0 Å². The van der Waals surface area contributed by atoms with E-state index in [2.05, 4.69) is 39.8 Å². The SMILES string of the molecule is CCCCC[C@]12CC[C@H](O1)[C@]1(C)C(O)=C(c3c(C)cc(C)cc3C)C(=O)[C@]21C. The van der Waals surface area contributed by atoms with E-state index >= 15 is 0 Å². The molecule has 0 amide bonds. The molecule has 2 aliphatic heterocycles. The summed E-state index contributed by atoms with van der Waals surface area (Å²) in [5.74, 6) is 0.346. The molecule has 1 aromatic carbocycles. The van der Waals surface area contributed by atoms with Crippen molar-refractivity contribution in [3.05, 3.63) is 40.1 Å². The number of rotatable bonds is 5. The third kappa shape index (κ3) is 2.12. The quantitative estimate of drug-likeness (QED) is 0.636. The van der Waals surface area contributed by atoms with Gasteiger partial charge in [0.05, 0.1) is 28.1 Å². The van der Waals surface area contributed by atoms with Gasteiger partial charge in [-0.25, -0.2) is 0 Å². The summed E-state index contributed by atoms with van der Waals surface area (Å²) in [4.78, 5) is 14.0. The summed E-state index contributed by atoms with van der Waals surface area (Å²) >= 11 is 0. The number of aliphatic hydroxyl groups excluding tert-OH is 1. The number of ketones is 1. The van der Waals surface area contributed by atoms with Gasteiger partial charge in [0.15, 0.2) is 5.78 Å². The van der Waals surface area contributed by atoms with Crippen molar-refractivity contribution >= 4 is 11.4 Å². The van der Waals surface area contributed by atoms with Gasteiger partial charge in [0.25, 0.3) is 0 Å². The van der Waals surface area contributed by atoms with Crippen molar-refractivity contribution in [1.29, 1.82) is 0 Å². The van der Waals surface area contributed by atoms with E-state index in [4.69, 9.17) is 4.74 Å². The van der Waals surface area contributed by atoms with Gasteiger partial charge in [-0.3, -0.25) is 4.79 Å². The van der Waals surface area contributed by atoms with Crippen LogP contribution in [0.3, 0.4) is 0 Å². The molecule has 1 aromatic rings. The standard InChI is InChI=1S/C25H34O3/c1-7-8-9-11-25-12-10-18(28-25)23(5)21(26)20(22(27)24(23,25)6)19-16(3)13-15(2)14-17(19)4/h13-14,18,26H,7-12H2,1-6H3/t18-,23+,24-,25+/m0/s1. The van der Waals surface area contributed by atoms with Gasteiger partial charge >= 0.3 is 0 Å². The zero-order valence-electron chi connectivity index (χ0n) is 18.2. The van der Waals surface area contributed by atoms with Crippen LogP contribution in [0.15, 0.2) is 17.9 Å². The van der Waals surface area contributed by atoms with Crippen LogP contribution in [0, 0.1) is 31.6 Å². The number of hydrogen-bond acceptors (Lipinski definition) is 3. The Morgan fingerprint density at radius 3 is 2.39 bits per heavy atom. The van der Waals surface area contributed by atoms with Crippen molar-refractivity contribution in [2.45, 2.75) is 91.8 Å². The normalized spacial score (nSPS) is 36.5. The molecule has 2 heterocycles. The monoisotopic (exact) mass is 382 g/mol. The maximum Gasteiger partial charge on any atom is 0.176 e. The Hall–Kier alpha value is -1.61. The van der Waals surface area contributed by atoms with Gasteiger partial charge in [0.1, 0.15) is 5.76 Å². The van der Waals surface area contributed by atoms with Gasteiger partial charge in [-0.2, -0.15) is 0 Å². The van der Waals surface area contributed by atoms with Crippen LogP contribution in [0.5, 0.6) is 0 Å². The van der Waals surface area contributed by atoms with Crippen molar-refractivity contribution in [2.24, 2.45) is 10.8 Å². The van der Waals surface area contributed by atoms with Gasteiger partial charge in [-0.1, -0.05) is 43.9 Å². The smallest absolute Gasteiger partial charge is 0.176 e. The Labute approximate surface area is 169 Å². The highest BCUT2D eigenvalue weighted by atomic mass is 16.5. The van der Waals surface area contributed by atoms with Crippen molar-refractivity contribution in [1.82, 2.24) is 0 Å². The Kier molecular flexibility index (Phi) is 4.36. The molecule has 0 aromatic heterocycles. The lowest BCUT2D eigenvalue weighted by molar-refractivity contribution is -0.136. The highest BCUT2D eigenvalue weighted by molar-refractivity contribution is 6.28. The fraction of sp³-hybridized carbons (Fsp3) is 0.640. The number of Topliss-reactive ketones (excluding diaryl/α,β-unsaturated/α-hetero) is 1. The zero-order valence-corrected chi connectivity index (χ0v) is 18.2. The van der Waals surface area contributed by atoms with Gasteiger partial charge in [-0.15, -0.1) is 0 Å². The Bertz CT molecular complexity index is 859. The first-order valence-electron chi connectivity index (χ1n) is 10.9.